The molecule has 0 aliphatic carbocycles. The van der Waals surface area contributed by atoms with Gasteiger partial charge in [-0.05, 0) is 36.1 Å². The van der Waals surface area contributed by atoms with Crippen molar-refractivity contribution in [1.82, 2.24) is 0 Å². The van der Waals surface area contributed by atoms with E-state index in [4.69, 9.17) is 27.2 Å². The first-order chi connectivity index (χ1) is 9.00. The molecule has 1 rings (SSSR count). The number of carboxylic acids is 1. The molecule has 0 atom stereocenters. The summed E-state index contributed by atoms with van der Waals surface area (Å²) in [6.45, 7) is 5.11. The molecule has 0 bridgehead atoms. The van der Waals surface area contributed by atoms with Crippen molar-refractivity contribution in [2.75, 3.05) is 6.54 Å². The molecule has 0 fully saturated rings. The molecule has 1 aromatic carbocycles. The number of hydrogen-bond donors (Lipinski definition) is 2. The summed E-state index contributed by atoms with van der Waals surface area (Å²) in [6, 6.07) is 7.99. The van der Waals surface area contributed by atoms with E-state index in [9.17, 15) is 13.2 Å². The fraction of sp³-hybridized carbons (Fsp3) is 0.462. The molecule has 0 radical (unpaired) electrons. The zero-order valence-electron chi connectivity index (χ0n) is 11.2. The molecule has 0 aliphatic heterocycles. The zero-order chi connectivity index (χ0) is 16.0. The lowest BCUT2D eigenvalue weighted by molar-refractivity contribution is -0.192. The Balaban J connectivity index is 0.000000441. The van der Waals surface area contributed by atoms with Gasteiger partial charge in [0.15, 0.2) is 0 Å². The molecule has 7 heteroatoms. The van der Waals surface area contributed by atoms with Crippen molar-refractivity contribution in [2.45, 2.75) is 31.9 Å². The van der Waals surface area contributed by atoms with Gasteiger partial charge in [-0.25, -0.2) is 4.79 Å². The minimum Gasteiger partial charge on any atom is -0.475 e. The van der Waals surface area contributed by atoms with E-state index in [1.807, 2.05) is 12.1 Å². The van der Waals surface area contributed by atoms with Crippen LogP contribution in [0.1, 0.15) is 25.8 Å². The van der Waals surface area contributed by atoms with E-state index in [-0.39, 0.29) is 5.41 Å². The van der Waals surface area contributed by atoms with E-state index in [2.05, 4.69) is 26.0 Å². The lowest BCUT2D eigenvalue weighted by atomic mass is 9.82. The van der Waals surface area contributed by atoms with E-state index < -0.39 is 12.1 Å². The van der Waals surface area contributed by atoms with Crippen LogP contribution in [0.15, 0.2) is 24.3 Å². The van der Waals surface area contributed by atoms with Gasteiger partial charge in [-0.15, -0.1) is 0 Å². The normalized spacial score (nSPS) is 11.6. The quantitative estimate of drug-likeness (QED) is 0.896. The molecule has 0 unspecified atom stereocenters. The van der Waals surface area contributed by atoms with Crippen LogP contribution in [-0.2, 0) is 10.2 Å². The van der Waals surface area contributed by atoms with Crippen LogP contribution in [0.4, 0.5) is 13.2 Å². The van der Waals surface area contributed by atoms with Crippen molar-refractivity contribution < 1.29 is 23.1 Å². The molecule has 0 aromatic heterocycles. The molecule has 3 nitrogen and oxygen atoms in total. The number of aliphatic carboxylic acids is 1. The first-order valence-electron chi connectivity index (χ1n) is 5.77. The van der Waals surface area contributed by atoms with E-state index in [0.29, 0.717) is 0 Å². The highest BCUT2D eigenvalue weighted by atomic mass is 35.5. The largest absolute Gasteiger partial charge is 0.490 e. The summed E-state index contributed by atoms with van der Waals surface area (Å²) in [5.41, 5.74) is 7.00. The average molecular weight is 312 g/mol. The average Bonchev–Trinajstić information content (AvgIpc) is 2.29. The Kier molecular flexibility index (Phi) is 7.02. The molecular weight excluding hydrogens is 295 g/mol. The molecule has 3 N–H and O–H groups in total. The van der Waals surface area contributed by atoms with Gasteiger partial charge in [-0.3, -0.25) is 0 Å². The number of rotatable bonds is 3. The topological polar surface area (TPSA) is 63.3 Å². The van der Waals surface area contributed by atoms with Gasteiger partial charge in [0.25, 0.3) is 0 Å². The first-order valence-corrected chi connectivity index (χ1v) is 6.14. The van der Waals surface area contributed by atoms with Crippen molar-refractivity contribution in [3.8, 4) is 0 Å². The van der Waals surface area contributed by atoms with Gasteiger partial charge in [-0.1, -0.05) is 37.6 Å². The highest BCUT2D eigenvalue weighted by molar-refractivity contribution is 6.30. The molecule has 0 aliphatic rings. The van der Waals surface area contributed by atoms with Crippen LogP contribution in [0.5, 0.6) is 0 Å². The number of carbonyl (C=O) groups is 1. The fourth-order valence-corrected chi connectivity index (χ4v) is 1.53. The van der Waals surface area contributed by atoms with Gasteiger partial charge in [0.2, 0.25) is 0 Å². The third-order valence-corrected chi connectivity index (χ3v) is 2.89. The fourth-order valence-electron chi connectivity index (χ4n) is 1.41. The highest BCUT2D eigenvalue weighted by Gasteiger charge is 2.38. The standard InChI is InChI=1S/C11H16ClN.C2HF3O2/c1-11(2,7-8-13)9-3-5-10(12)6-4-9;3-2(4,5)1(6)7/h3-6H,7-8,13H2,1-2H3;(H,6,7). The van der Waals surface area contributed by atoms with Crippen molar-refractivity contribution in [3.05, 3.63) is 34.9 Å². The van der Waals surface area contributed by atoms with Crippen LogP contribution in [0, 0.1) is 0 Å². The molecule has 0 amide bonds. The van der Waals surface area contributed by atoms with Gasteiger partial charge in [0.1, 0.15) is 0 Å². The molecule has 0 saturated carbocycles. The van der Waals surface area contributed by atoms with Gasteiger partial charge in [0.05, 0.1) is 0 Å². The Morgan fingerprint density at radius 3 is 1.95 bits per heavy atom. The van der Waals surface area contributed by atoms with Gasteiger partial charge in [0, 0.05) is 5.02 Å². The predicted molar refractivity (Wildman–Crippen MR) is 71.8 cm³/mol. The van der Waals surface area contributed by atoms with Gasteiger partial charge >= 0.3 is 12.1 Å². The zero-order valence-corrected chi connectivity index (χ0v) is 11.9. The second-order valence-electron chi connectivity index (χ2n) is 4.73. The van der Waals surface area contributed by atoms with Gasteiger partial charge in [-0.2, -0.15) is 13.2 Å². The Hall–Kier alpha value is -1.27. The minimum absolute atomic E-state index is 0.152. The smallest absolute Gasteiger partial charge is 0.475 e. The second-order valence-corrected chi connectivity index (χ2v) is 5.17. The van der Waals surface area contributed by atoms with E-state index in [1.54, 1.807) is 0 Å². The van der Waals surface area contributed by atoms with Crippen LogP contribution >= 0.6 is 11.6 Å². The molecule has 0 spiro atoms. The SMILES string of the molecule is CC(C)(CCN)c1ccc(Cl)cc1.O=C(O)C(F)(F)F. The Bertz CT molecular complexity index is 430. The van der Waals surface area contributed by atoms with Crippen LogP contribution in [0.25, 0.3) is 0 Å². The number of carboxylic acid groups (broad SMARTS) is 1. The summed E-state index contributed by atoms with van der Waals surface area (Å²) in [5, 5.41) is 7.91. The molecule has 0 saturated heterocycles. The molecule has 0 heterocycles. The first kappa shape index (κ1) is 18.7. The lowest BCUT2D eigenvalue weighted by Gasteiger charge is -2.24. The maximum atomic E-state index is 10.6. The third kappa shape index (κ3) is 6.77. The summed E-state index contributed by atoms with van der Waals surface area (Å²) in [6.07, 6.45) is -4.09. The van der Waals surface area contributed by atoms with Crippen molar-refractivity contribution in [2.24, 2.45) is 5.73 Å². The number of nitrogens with two attached hydrogens (primary N) is 1. The van der Waals surface area contributed by atoms with Crippen molar-refractivity contribution >= 4 is 17.6 Å². The molecule has 114 valence electrons. The number of benzene rings is 1. The Morgan fingerprint density at radius 1 is 1.25 bits per heavy atom. The summed E-state index contributed by atoms with van der Waals surface area (Å²) < 4.78 is 31.7. The lowest BCUT2D eigenvalue weighted by Crippen LogP contribution is -2.21. The summed E-state index contributed by atoms with van der Waals surface area (Å²) in [5.74, 6) is -2.76. The van der Waals surface area contributed by atoms with Crippen molar-refractivity contribution in [1.29, 1.82) is 0 Å². The highest BCUT2D eigenvalue weighted by Crippen LogP contribution is 2.27. The second kappa shape index (κ2) is 7.50. The number of hydrogen-bond acceptors (Lipinski definition) is 2. The van der Waals surface area contributed by atoms with E-state index in [0.717, 1.165) is 18.0 Å². The van der Waals surface area contributed by atoms with Crippen LogP contribution in [0.2, 0.25) is 5.02 Å². The molecular formula is C13H17ClF3NO2. The number of halogens is 4. The number of alkyl halides is 3. The Morgan fingerprint density at radius 2 is 1.65 bits per heavy atom. The summed E-state index contributed by atoms with van der Waals surface area (Å²) in [4.78, 5) is 8.90. The monoisotopic (exact) mass is 311 g/mol. The molecule has 1 aromatic rings. The van der Waals surface area contributed by atoms with Gasteiger partial charge < -0.3 is 10.8 Å². The van der Waals surface area contributed by atoms with E-state index >= 15 is 0 Å². The van der Waals surface area contributed by atoms with E-state index in [1.165, 1.54) is 5.56 Å². The van der Waals surface area contributed by atoms with Crippen molar-refractivity contribution in [3.63, 3.8) is 0 Å². The molecule has 20 heavy (non-hydrogen) atoms. The van der Waals surface area contributed by atoms with Crippen LogP contribution in [-0.4, -0.2) is 23.8 Å². The summed E-state index contributed by atoms with van der Waals surface area (Å²) in [7, 11) is 0. The summed E-state index contributed by atoms with van der Waals surface area (Å²) >= 11 is 5.81. The minimum atomic E-state index is -5.08. The maximum absolute atomic E-state index is 10.6. The predicted octanol–water partition coefficient (Wildman–Crippen LogP) is 3.60. The Labute approximate surface area is 120 Å². The third-order valence-electron chi connectivity index (χ3n) is 2.64. The maximum Gasteiger partial charge on any atom is 0.490 e. The van der Waals surface area contributed by atoms with Crippen LogP contribution < -0.4 is 5.73 Å². The van der Waals surface area contributed by atoms with Crippen LogP contribution in [0.3, 0.4) is 0 Å².